The van der Waals surface area contributed by atoms with Crippen LogP contribution in [0, 0.1) is 11.3 Å². The van der Waals surface area contributed by atoms with Crippen molar-refractivity contribution in [2.24, 2.45) is 11.3 Å². The summed E-state index contributed by atoms with van der Waals surface area (Å²) >= 11 is 0. The highest BCUT2D eigenvalue weighted by atomic mass is 19.1. The van der Waals surface area contributed by atoms with Crippen LogP contribution in [0.25, 0.3) is 10.8 Å². The first-order chi connectivity index (χ1) is 10.7. The Morgan fingerprint density at radius 2 is 2.09 bits per heavy atom. The molecule has 1 aromatic carbocycles. The smallest absolute Gasteiger partial charge is 0.161 e. The van der Waals surface area contributed by atoms with Crippen molar-refractivity contribution in [1.82, 2.24) is 4.98 Å². The maximum atomic E-state index is 14.1. The Morgan fingerprint density at radius 3 is 2.91 bits per heavy atom. The molecule has 2 aliphatic rings. The Hall–Kier alpha value is -2.16. The monoisotopic (exact) mass is 297 g/mol. The summed E-state index contributed by atoms with van der Waals surface area (Å²) in [5, 5.41) is 1.93. The third-order valence-electron chi connectivity index (χ3n) is 4.25. The highest BCUT2D eigenvalue weighted by molar-refractivity contribution is 5.87. The molecular weight excluding hydrogens is 277 g/mol. The fourth-order valence-electron chi connectivity index (χ4n) is 2.84. The van der Waals surface area contributed by atoms with E-state index in [1.165, 1.54) is 0 Å². The van der Waals surface area contributed by atoms with Gasteiger partial charge in [-0.15, -0.1) is 0 Å². The largest absolute Gasteiger partial charge is 0.454 e. The van der Waals surface area contributed by atoms with Crippen LogP contribution in [0.15, 0.2) is 60.4 Å². The van der Waals surface area contributed by atoms with Gasteiger partial charge in [-0.05, 0) is 42.0 Å². The van der Waals surface area contributed by atoms with Gasteiger partial charge in [0.05, 0.1) is 0 Å². The summed E-state index contributed by atoms with van der Waals surface area (Å²) in [6.07, 6.45) is 8.11. The average molecular weight is 297 g/mol. The Labute approximate surface area is 130 Å². The second kappa shape index (κ2) is 5.56. The maximum Gasteiger partial charge on any atom is 0.161 e. The number of benzene rings is 1. The van der Waals surface area contributed by atoms with E-state index in [1.807, 2.05) is 44.2 Å². The number of pyridine rings is 1. The molecule has 2 nitrogen and oxygen atoms in total. The molecule has 2 aliphatic carbocycles. The molecule has 3 heteroatoms. The average Bonchev–Trinajstić information content (AvgIpc) is 3.19. The van der Waals surface area contributed by atoms with Crippen molar-refractivity contribution in [3.8, 4) is 5.75 Å². The first-order valence-corrected chi connectivity index (χ1v) is 7.77. The van der Waals surface area contributed by atoms with Crippen molar-refractivity contribution in [1.29, 1.82) is 0 Å². The number of allylic oxidation sites excluding steroid dienone is 3. The number of aromatic nitrogens is 1. The van der Waals surface area contributed by atoms with Gasteiger partial charge in [0.15, 0.2) is 11.6 Å². The number of hydrogen-bond donors (Lipinski definition) is 0. The fourth-order valence-corrected chi connectivity index (χ4v) is 2.84. The van der Waals surface area contributed by atoms with Gasteiger partial charge in [-0.25, -0.2) is 4.39 Å². The Bertz CT molecular complexity index is 760. The molecule has 0 spiro atoms. The van der Waals surface area contributed by atoms with Crippen molar-refractivity contribution in [2.75, 3.05) is 0 Å². The van der Waals surface area contributed by atoms with Crippen molar-refractivity contribution in [3.63, 3.8) is 0 Å². The molecule has 1 fully saturated rings. The van der Waals surface area contributed by atoms with Crippen LogP contribution in [0.1, 0.15) is 27.2 Å². The SMILES string of the molecule is CC.CC12C=C(F)C(Oc3cccc4cnccc34)=CC1C2. The lowest BCUT2D eigenvalue weighted by atomic mass is 10.0. The number of ether oxygens (including phenoxy) is 1. The third kappa shape index (κ3) is 2.52. The van der Waals surface area contributed by atoms with Crippen molar-refractivity contribution in [2.45, 2.75) is 27.2 Å². The van der Waals surface area contributed by atoms with Crippen LogP contribution < -0.4 is 4.74 Å². The van der Waals surface area contributed by atoms with Crippen LogP contribution in [0.2, 0.25) is 0 Å². The van der Waals surface area contributed by atoms with E-state index in [4.69, 9.17) is 4.74 Å². The number of fused-ring (bicyclic) bond motifs is 2. The number of halogens is 1. The molecular formula is C19H20FNO. The molecule has 0 saturated heterocycles. The molecule has 0 amide bonds. The molecule has 22 heavy (non-hydrogen) atoms. The lowest BCUT2D eigenvalue weighted by Gasteiger charge is -2.15. The summed E-state index contributed by atoms with van der Waals surface area (Å²) in [4.78, 5) is 4.09. The van der Waals surface area contributed by atoms with Crippen LogP contribution >= 0.6 is 0 Å². The Kier molecular flexibility index (Phi) is 3.73. The Balaban J connectivity index is 0.000000693. The van der Waals surface area contributed by atoms with E-state index >= 15 is 0 Å². The number of hydrogen-bond acceptors (Lipinski definition) is 2. The number of rotatable bonds is 2. The minimum absolute atomic E-state index is 0.0135. The molecule has 1 saturated carbocycles. The first kappa shape index (κ1) is 14.8. The maximum absolute atomic E-state index is 14.1. The molecule has 0 N–H and O–H groups in total. The van der Waals surface area contributed by atoms with Crippen LogP contribution in [0.5, 0.6) is 5.75 Å². The zero-order chi connectivity index (χ0) is 15.7. The lowest BCUT2D eigenvalue weighted by molar-refractivity contribution is 0.392. The molecule has 1 heterocycles. The predicted octanol–water partition coefficient (Wildman–Crippen LogP) is 5.42. The van der Waals surface area contributed by atoms with E-state index in [9.17, 15) is 4.39 Å². The second-order valence-corrected chi connectivity index (χ2v) is 5.79. The highest BCUT2D eigenvalue weighted by Crippen LogP contribution is 2.58. The van der Waals surface area contributed by atoms with Crippen molar-refractivity contribution in [3.05, 3.63) is 60.4 Å². The Morgan fingerprint density at radius 1 is 1.27 bits per heavy atom. The molecule has 4 rings (SSSR count). The second-order valence-electron chi connectivity index (χ2n) is 5.79. The van der Waals surface area contributed by atoms with Gasteiger partial charge >= 0.3 is 0 Å². The normalized spacial score (nSPS) is 25.4. The molecule has 1 aromatic heterocycles. The minimum atomic E-state index is -0.257. The van der Waals surface area contributed by atoms with E-state index in [0.717, 1.165) is 17.2 Å². The minimum Gasteiger partial charge on any atom is -0.454 e. The highest BCUT2D eigenvalue weighted by Gasteiger charge is 2.50. The zero-order valence-electron chi connectivity index (χ0n) is 13.1. The summed E-state index contributed by atoms with van der Waals surface area (Å²) in [5.74, 6) is 1.17. The quantitative estimate of drug-likeness (QED) is 0.738. The van der Waals surface area contributed by atoms with Gasteiger partial charge in [0.25, 0.3) is 0 Å². The molecule has 2 atom stereocenters. The molecule has 2 aromatic rings. The fraction of sp³-hybridized carbons (Fsp3) is 0.316. The lowest BCUT2D eigenvalue weighted by Crippen LogP contribution is -2.06. The van der Waals surface area contributed by atoms with Gasteiger partial charge < -0.3 is 4.74 Å². The summed E-state index contributed by atoms with van der Waals surface area (Å²) in [6, 6.07) is 7.61. The van der Waals surface area contributed by atoms with E-state index in [-0.39, 0.29) is 11.2 Å². The summed E-state index contributed by atoms with van der Waals surface area (Å²) in [7, 11) is 0. The van der Waals surface area contributed by atoms with Crippen LogP contribution in [-0.2, 0) is 0 Å². The summed E-state index contributed by atoms with van der Waals surface area (Å²) in [6.45, 7) is 6.08. The van der Waals surface area contributed by atoms with Gasteiger partial charge in [-0.3, -0.25) is 4.98 Å². The molecule has 0 bridgehead atoms. The van der Waals surface area contributed by atoms with E-state index in [1.54, 1.807) is 18.5 Å². The molecule has 0 aliphatic heterocycles. The zero-order valence-corrected chi connectivity index (χ0v) is 13.1. The van der Waals surface area contributed by atoms with E-state index in [0.29, 0.717) is 17.4 Å². The van der Waals surface area contributed by atoms with Crippen LogP contribution in [-0.4, -0.2) is 4.98 Å². The van der Waals surface area contributed by atoms with Gasteiger partial charge in [0.2, 0.25) is 0 Å². The molecule has 2 unspecified atom stereocenters. The van der Waals surface area contributed by atoms with Crippen molar-refractivity contribution >= 4 is 10.8 Å². The topological polar surface area (TPSA) is 22.1 Å². The van der Waals surface area contributed by atoms with Gasteiger partial charge in [0, 0.05) is 23.2 Å². The summed E-state index contributed by atoms with van der Waals surface area (Å²) in [5.41, 5.74) is 0.0135. The van der Waals surface area contributed by atoms with Crippen LogP contribution in [0.3, 0.4) is 0 Å². The number of nitrogens with zero attached hydrogens (tertiary/aromatic N) is 1. The van der Waals surface area contributed by atoms with E-state index < -0.39 is 0 Å². The standard InChI is InChI=1S/C17H14FNO.C2H6/c1-17-8-12(17)7-16(14(18)9-17)20-15-4-2-3-11-10-19-6-5-13(11)15;1-2/h2-7,9-10,12H,8H2,1H3;1-2H3. The van der Waals surface area contributed by atoms with Crippen molar-refractivity contribution < 1.29 is 9.13 Å². The predicted molar refractivity (Wildman–Crippen MR) is 87.2 cm³/mol. The third-order valence-corrected chi connectivity index (χ3v) is 4.25. The first-order valence-electron chi connectivity index (χ1n) is 7.77. The van der Waals surface area contributed by atoms with Crippen LogP contribution in [0.4, 0.5) is 4.39 Å². The molecule has 114 valence electrons. The van der Waals surface area contributed by atoms with E-state index in [2.05, 4.69) is 11.9 Å². The van der Waals surface area contributed by atoms with Gasteiger partial charge in [-0.1, -0.05) is 32.9 Å². The van der Waals surface area contributed by atoms with Gasteiger partial charge in [-0.2, -0.15) is 0 Å². The van der Waals surface area contributed by atoms with Gasteiger partial charge in [0.1, 0.15) is 5.75 Å². The molecule has 0 radical (unpaired) electrons. The summed E-state index contributed by atoms with van der Waals surface area (Å²) < 4.78 is 19.9.